The molecule has 1 atom stereocenters. The zero-order valence-corrected chi connectivity index (χ0v) is 8.78. The van der Waals surface area contributed by atoms with Gasteiger partial charge in [-0.3, -0.25) is 0 Å². The minimum Gasteiger partial charge on any atom is -0.398 e. The quantitative estimate of drug-likeness (QED) is 0.553. The maximum absolute atomic E-state index is 5.76. The summed E-state index contributed by atoms with van der Waals surface area (Å²) in [5.74, 6) is 0. The molecule has 1 aromatic rings. The molecule has 4 heteroatoms. The SMILES string of the molecule is NC[C@H](N)c1cc(I)ccc1N. The van der Waals surface area contributed by atoms with Crippen LogP contribution in [0.5, 0.6) is 0 Å². The normalized spacial score (nSPS) is 12.9. The molecule has 0 radical (unpaired) electrons. The van der Waals surface area contributed by atoms with Crippen molar-refractivity contribution < 1.29 is 0 Å². The Morgan fingerprint density at radius 2 is 2.08 bits per heavy atom. The van der Waals surface area contributed by atoms with E-state index >= 15 is 0 Å². The van der Waals surface area contributed by atoms with Gasteiger partial charge in [-0.05, 0) is 46.4 Å². The standard InChI is InChI=1S/C8H12IN3/c9-5-1-2-7(11)6(3-5)8(12)4-10/h1-3,8H,4,10-12H2/t8-/m0/s1. The third-order valence-electron chi connectivity index (χ3n) is 1.70. The molecule has 0 heterocycles. The predicted octanol–water partition coefficient (Wildman–Crippen LogP) is 0.832. The van der Waals surface area contributed by atoms with Gasteiger partial charge in [-0.1, -0.05) is 0 Å². The van der Waals surface area contributed by atoms with Gasteiger partial charge in [0.05, 0.1) is 0 Å². The van der Waals surface area contributed by atoms with Gasteiger partial charge in [0.2, 0.25) is 0 Å². The van der Waals surface area contributed by atoms with Gasteiger partial charge in [0.1, 0.15) is 0 Å². The molecule has 0 bridgehead atoms. The van der Waals surface area contributed by atoms with Crippen molar-refractivity contribution in [1.29, 1.82) is 0 Å². The van der Waals surface area contributed by atoms with Gasteiger partial charge in [0.15, 0.2) is 0 Å². The minimum atomic E-state index is -0.153. The zero-order chi connectivity index (χ0) is 9.14. The van der Waals surface area contributed by atoms with E-state index in [9.17, 15) is 0 Å². The molecule has 0 saturated carbocycles. The van der Waals surface area contributed by atoms with Crippen molar-refractivity contribution in [2.24, 2.45) is 11.5 Å². The monoisotopic (exact) mass is 277 g/mol. The highest BCUT2D eigenvalue weighted by molar-refractivity contribution is 14.1. The van der Waals surface area contributed by atoms with E-state index in [1.54, 1.807) is 0 Å². The summed E-state index contributed by atoms with van der Waals surface area (Å²) in [6.45, 7) is 0.421. The molecule has 3 nitrogen and oxygen atoms in total. The van der Waals surface area contributed by atoms with E-state index in [0.29, 0.717) is 12.2 Å². The Kier molecular flexibility index (Phi) is 3.30. The average Bonchev–Trinajstić information content (AvgIpc) is 2.08. The smallest absolute Gasteiger partial charge is 0.0440 e. The number of anilines is 1. The summed E-state index contributed by atoms with van der Waals surface area (Å²) in [4.78, 5) is 0. The largest absolute Gasteiger partial charge is 0.398 e. The highest BCUT2D eigenvalue weighted by Gasteiger charge is 2.07. The number of rotatable bonds is 2. The van der Waals surface area contributed by atoms with Crippen LogP contribution in [-0.2, 0) is 0 Å². The molecule has 0 aliphatic rings. The van der Waals surface area contributed by atoms with E-state index in [1.807, 2.05) is 18.2 Å². The third-order valence-corrected chi connectivity index (χ3v) is 2.37. The van der Waals surface area contributed by atoms with Crippen LogP contribution in [0.3, 0.4) is 0 Å². The number of nitrogens with two attached hydrogens (primary N) is 3. The van der Waals surface area contributed by atoms with Crippen LogP contribution < -0.4 is 17.2 Å². The minimum absolute atomic E-state index is 0.153. The van der Waals surface area contributed by atoms with Crippen LogP contribution in [0.1, 0.15) is 11.6 Å². The van der Waals surface area contributed by atoms with Gasteiger partial charge in [-0.2, -0.15) is 0 Å². The summed E-state index contributed by atoms with van der Waals surface area (Å²) in [6, 6.07) is 5.61. The topological polar surface area (TPSA) is 78.1 Å². The van der Waals surface area contributed by atoms with Crippen LogP contribution in [0.4, 0.5) is 5.69 Å². The van der Waals surface area contributed by atoms with E-state index in [2.05, 4.69) is 22.6 Å². The molecule has 0 unspecified atom stereocenters. The summed E-state index contributed by atoms with van der Waals surface area (Å²) in [5, 5.41) is 0. The van der Waals surface area contributed by atoms with Crippen molar-refractivity contribution in [2.45, 2.75) is 6.04 Å². The Labute approximate surface area is 85.4 Å². The molecule has 0 amide bonds. The molecule has 1 rings (SSSR count). The fourth-order valence-electron chi connectivity index (χ4n) is 0.994. The maximum Gasteiger partial charge on any atom is 0.0440 e. The lowest BCUT2D eigenvalue weighted by molar-refractivity contribution is 0.739. The first-order valence-corrected chi connectivity index (χ1v) is 4.73. The van der Waals surface area contributed by atoms with Crippen molar-refractivity contribution in [2.75, 3.05) is 12.3 Å². The van der Waals surface area contributed by atoms with Crippen molar-refractivity contribution >= 4 is 28.3 Å². The Morgan fingerprint density at radius 1 is 1.42 bits per heavy atom. The molecular formula is C8H12IN3. The van der Waals surface area contributed by atoms with Crippen LogP contribution in [0.2, 0.25) is 0 Å². The first-order chi connectivity index (χ1) is 5.65. The number of benzene rings is 1. The average molecular weight is 277 g/mol. The third kappa shape index (κ3) is 2.09. The Bertz CT molecular complexity index is 275. The molecule has 0 aromatic heterocycles. The van der Waals surface area contributed by atoms with E-state index < -0.39 is 0 Å². The lowest BCUT2D eigenvalue weighted by Crippen LogP contribution is -2.21. The molecule has 0 saturated heterocycles. The van der Waals surface area contributed by atoms with E-state index in [4.69, 9.17) is 17.2 Å². The van der Waals surface area contributed by atoms with Crippen molar-refractivity contribution in [1.82, 2.24) is 0 Å². The molecule has 12 heavy (non-hydrogen) atoms. The highest BCUT2D eigenvalue weighted by atomic mass is 127. The molecule has 1 aromatic carbocycles. The molecule has 0 fully saturated rings. The number of halogens is 1. The van der Waals surface area contributed by atoms with Gasteiger partial charge in [0.25, 0.3) is 0 Å². The Hall–Kier alpha value is -0.330. The first-order valence-electron chi connectivity index (χ1n) is 3.65. The van der Waals surface area contributed by atoms with Gasteiger partial charge in [-0.25, -0.2) is 0 Å². The second kappa shape index (κ2) is 4.06. The molecule has 6 N–H and O–H groups in total. The van der Waals surface area contributed by atoms with E-state index in [-0.39, 0.29) is 6.04 Å². The van der Waals surface area contributed by atoms with Crippen LogP contribution in [0, 0.1) is 3.57 Å². The zero-order valence-electron chi connectivity index (χ0n) is 6.63. The fourth-order valence-corrected chi connectivity index (χ4v) is 1.51. The van der Waals surface area contributed by atoms with Crippen molar-refractivity contribution in [3.8, 4) is 0 Å². The molecular weight excluding hydrogens is 265 g/mol. The summed E-state index contributed by atoms with van der Waals surface area (Å²) < 4.78 is 1.13. The number of nitrogen functional groups attached to an aromatic ring is 1. The Balaban J connectivity index is 3.04. The lowest BCUT2D eigenvalue weighted by Gasteiger charge is -2.12. The summed E-state index contributed by atoms with van der Waals surface area (Å²) in [7, 11) is 0. The van der Waals surface area contributed by atoms with Crippen molar-refractivity contribution in [3.05, 3.63) is 27.3 Å². The predicted molar refractivity (Wildman–Crippen MR) is 59.6 cm³/mol. The van der Waals surface area contributed by atoms with E-state index in [1.165, 1.54) is 0 Å². The second-order valence-electron chi connectivity index (χ2n) is 2.62. The van der Waals surface area contributed by atoms with Crippen LogP contribution in [0.25, 0.3) is 0 Å². The van der Waals surface area contributed by atoms with Gasteiger partial charge in [0, 0.05) is 21.8 Å². The van der Waals surface area contributed by atoms with Crippen LogP contribution >= 0.6 is 22.6 Å². The summed E-state index contributed by atoms with van der Waals surface area (Å²) >= 11 is 2.22. The lowest BCUT2D eigenvalue weighted by atomic mass is 10.1. The number of hydrogen-bond acceptors (Lipinski definition) is 3. The highest BCUT2D eigenvalue weighted by Crippen LogP contribution is 2.20. The Morgan fingerprint density at radius 3 is 2.67 bits per heavy atom. The van der Waals surface area contributed by atoms with Gasteiger partial charge >= 0.3 is 0 Å². The summed E-state index contributed by atoms with van der Waals surface area (Å²) in [5.41, 5.74) is 18.6. The first kappa shape index (κ1) is 9.76. The maximum atomic E-state index is 5.76. The molecule has 0 aliphatic carbocycles. The molecule has 0 spiro atoms. The van der Waals surface area contributed by atoms with Gasteiger partial charge in [-0.15, -0.1) is 0 Å². The van der Waals surface area contributed by atoms with Gasteiger partial charge < -0.3 is 17.2 Å². The fraction of sp³-hybridized carbons (Fsp3) is 0.250. The van der Waals surface area contributed by atoms with Crippen LogP contribution in [-0.4, -0.2) is 6.54 Å². The van der Waals surface area contributed by atoms with Crippen molar-refractivity contribution in [3.63, 3.8) is 0 Å². The van der Waals surface area contributed by atoms with Crippen LogP contribution in [0.15, 0.2) is 18.2 Å². The number of hydrogen-bond donors (Lipinski definition) is 3. The second-order valence-corrected chi connectivity index (χ2v) is 3.86. The summed E-state index contributed by atoms with van der Waals surface area (Å²) in [6.07, 6.45) is 0. The molecule has 66 valence electrons. The molecule has 0 aliphatic heterocycles. The van der Waals surface area contributed by atoms with E-state index in [0.717, 1.165) is 9.13 Å².